The first-order valence-corrected chi connectivity index (χ1v) is 11.4. The van der Waals surface area contributed by atoms with E-state index in [2.05, 4.69) is 4.98 Å². The molecule has 1 unspecified atom stereocenters. The number of ketones is 1. The van der Waals surface area contributed by atoms with Gasteiger partial charge in [0.1, 0.15) is 6.04 Å². The molecule has 170 valence electrons. The van der Waals surface area contributed by atoms with Crippen molar-refractivity contribution in [2.24, 2.45) is 0 Å². The van der Waals surface area contributed by atoms with E-state index >= 15 is 0 Å². The summed E-state index contributed by atoms with van der Waals surface area (Å²) in [5.41, 5.74) is 0.877. The predicted octanol–water partition coefficient (Wildman–Crippen LogP) is 5.40. The Morgan fingerprint density at radius 2 is 2.00 bits per heavy atom. The van der Waals surface area contributed by atoms with Gasteiger partial charge in [0.15, 0.2) is 22.9 Å². The van der Waals surface area contributed by atoms with Crippen molar-refractivity contribution in [3.63, 3.8) is 0 Å². The summed E-state index contributed by atoms with van der Waals surface area (Å²) >= 11 is 6.15. The summed E-state index contributed by atoms with van der Waals surface area (Å²) in [5.74, 6) is -1.28. The summed E-state index contributed by atoms with van der Waals surface area (Å²) in [5, 5.41) is 11.9. The number of methoxy groups -OCH3 is 1. The molecule has 0 saturated heterocycles. The maximum atomic E-state index is 13.7. The summed E-state index contributed by atoms with van der Waals surface area (Å²) in [6.07, 6.45) is 6.37. The number of aliphatic hydroxyl groups excluding tert-OH is 1. The van der Waals surface area contributed by atoms with Crippen LogP contribution in [-0.2, 0) is 4.79 Å². The van der Waals surface area contributed by atoms with Crippen LogP contribution in [0.1, 0.15) is 54.4 Å². The number of hydrogen-bond acceptors (Lipinski definition) is 6. The maximum absolute atomic E-state index is 13.7. The van der Waals surface area contributed by atoms with Gasteiger partial charge >= 0.3 is 0 Å². The molecule has 2 aliphatic rings. The molecular weight excluding hydrogens is 444 g/mol. The molecule has 1 aliphatic carbocycles. The van der Waals surface area contributed by atoms with Gasteiger partial charge in [-0.15, -0.1) is 0 Å². The van der Waals surface area contributed by atoms with Gasteiger partial charge in [0.05, 0.1) is 18.4 Å². The Labute approximate surface area is 195 Å². The zero-order valence-corrected chi connectivity index (χ0v) is 18.8. The van der Waals surface area contributed by atoms with E-state index in [-0.39, 0.29) is 17.4 Å². The van der Waals surface area contributed by atoms with Gasteiger partial charge in [0.2, 0.25) is 5.78 Å². The highest BCUT2D eigenvalue weighted by Crippen LogP contribution is 2.43. The number of furan rings is 1. The SMILES string of the molecule is COc1cc(Cl)cc2cc(C(=O)C3=C(O)C(=O)N(C4CCCCC4)C3c3ccccn3)oc12. The molecule has 1 saturated carbocycles. The second-order valence-electron chi connectivity index (χ2n) is 8.39. The van der Waals surface area contributed by atoms with Gasteiger partial charge in [0, 0.05) is 28.7 Å². The molecule has 7 nitrogen and oxygen atoms in total. The first-order chi connectivity index (χ1) is 16.0. The normalized spacial score (nSPS) is 19.5. The van der Waals surface area contributed by atoms with Crippen molar-refractivity contribution in [1.29, 1.82) is 0 Å². The number of carbonyl (C=O) groups is 2. The lowest BCUT2D eigenvalue weighted by atomic mass is 9.91. The number of rotatable bonds is 5. The summed E-state index contributed by atoms with van der Waals surface area (Å²) in [6, 6.07) is 9.30. The molecule has 5 rings (SSSR count). The third-order valence-corrected chi connectivity index (χ3v) is 6.63. The molecule has 8 heteroatoms. The minimum absolute atomic E-state index is 0.00802. The molecule has 1 fully saturated rings. The molecule has 0 bridgehead atoms. The predicted molar refractivity (Wildman–Crippen MR) is 122 cm³/mol. The topological polar surface area (TPSA) is 92.9 Å². The first-order valence-electron chi connectivity index (χ1n) is 11.0. The van der Waals surface area contributed by atoms with E-state index in [1.165, 1.54) is 7.11 Å². The van der Waals surface area contributed by atoms with Crippen LogP contribution in [-0.4, -0.2) is 39.8 Å². The van der Waals surface area contributed by atoms with Crippen molar-refractivity contribution in [3.8, 4) is 5.75 Å². The van der Waals surface area contributed by atoms with Gasteiger partial charge in [-0.05, 0) is 37.1 Å². The fourth-order valence-corrected chi connectivity index (χ4v) is 5.12. The number of halogens is 1. The van der Waals surface area contributed by atoms with Crippen molar-refractivity contribution in [2.45, 2.75) is 44.2 Å². The molecule has 1 amide bonds. The number of carbonyl (C=O) groups excluding carboxylic acids is 2. The molecular formula is C25H23ClN2O5. The average molecular weight is 467 g/mol. The van der Waals surface area contributed by atoms with Crippen molar-refractivity contribution < 1.29 is 23.8 Å². The lowest BCUT2D eigenvalue weighted by Gasteiger charge is -2.36. The maximum Gasteiger partial charge on any atom is 0.290 e. The monoisotopic (exact) mass is 466 g/mol. The summed E-state index contributed by atoms with van der Waals surface area (Å²) in [7, 11) is 1.48. The molecule has 1 aromatic carbocycles. The van der Waals surface area contributed by atoms with Crippen LogP contribution in [0.2, 0.25) is 5.02 Å². The summed E-state index contributed by atoms with van der Waals surface area (Å²) < 4.78 is 11.2. The van der Waals surface area contributed by atoms with Crippen LogP contribution in [0, 0.1) is 0 Å². The Kier molecular flexibility index (Phi) is 5.58. The van der Waals surface area contributed by atoms with Crippen LogP contribution in [0.25, 0.3) is 11.0 Å². The zero-order chi connectivity index (χ0) is 23.1. The van der Waals surface area contributed by atoms with Gasteiger partial charge in [0.25, 0.3) is 5.91 Å². The fourth-order valence-electron chi connectivity index (χ4n) is 4.90. The van der Waals surface area contributed by atoms with Crippen LogP contribution in [0.3, 0.4) is 0 Å². The molecule has 1 aliphatic heterocycles. The zero-order valence-electron chi connectivity index (χ0n) is 18.1. The Hall–Kier alpha value is -3.32. The van der Waals surface area contributed by atoms with Crippen molar-refractivity contribution in [3.05, 3.63) is 70.4 Å². The number of aliphatic hydroxyl groups is 1. The highest BCUT2D eigenvalue weighted by Gasteiger charge is 2.48. The minimum atomic E-state index is -0.784. The van der Waals surface area contributed by atoms with Crippen LogP contribution < -0.4 is 4.74 Å². The second kappa shape index (κ2) is 8.56. The Morgan fingerprint density at radius 1 is 1.21 bits per heavy atom. The van der Waals surface area contributed by atoms with Gasteiger partial charge in [-0.1, -0.05) is 36.9 Å². The van der Waals surface area contributed by atoms with Crippen molar-refractivity contribution in [2.75, 3.05) is 7.11 Å². The fraction of sp³-hybridized carbons (Fsp3) is 0.320. The third kappa shape index (κ3) is 3.66. The molecule has 0 spiro atoms. The van der Waals surface area contributed by atoms with Crippen LogP contribution >= 0.6 is 11.6 Å². The van der Waals surface area contributed by atoms with E-state index < -0.39 is 23.5 Å². The number of ether oxygens (including phenoxy) is 1. The Bertz CT molecular complexity index is 1260. The highest BCUT2D eigenvalue weighted by atomic mass is 35.5. The third-order valence-electron chi connectivity index (χ3n) is 6.42. The number of hydrogen-bond donors (Lipinski definition) is 1. The van der Waals surface area contributed by atoms with Gasteiger partial charge in [-0.25, -0.2) is 0 Å². The number of benzene rings is 1. The van der Waals surface area contributed by atoms with E-state index in [4.69, 9.17) is 20.8 Å². The van der Waals surface area contributed by atoms with E-state index in [9.17, 15) is 14.7 Å². The number of nitrogens with zero attached hydrogens (tertiary/aromatic N) is 2. The van der Waals surface area contributed by atoms with E-state index in [1.54, 1.807) is 47.5 Å². The number of aromatic nitrogens is 1. The second-order valence-corrected chi connectivity index (χ2v) is 8.83. The average Bonchev–Trinajstić information content (AvgIpc) is 3.38. The molecule has 0 radical (unpaired) electrons. The summed E-state index contributed by atoms with van der Waals surface area (Å²) in [6.45, 7) is 0. The summed E-state index contributed by atoms with van der Waals surface area (Å²) in [4.78, 5) is 33.0. The van der Waals surface area contributed by atoms with E-state index in [0.29, 0.717) is 27.4 Å². The molecule has 2 aromatic heterocycles. The molecule has 1 atom stereocenters. The van der Waals surface area contributed by atoms with Crippen molar-refractivity contribution >= 4 is 34.3 Å². The lowest BCUT2D eigenvalue weighted by Crippen LogP contribution is -2.41. The quantitative estimate of drug-likeness (QED) is 0.506. The smallest absolute Gasteiger partial charge is 0.290 e. The van der Waals surface area contributed by atoms with Gasteiger partial charge < -0.3 is 19.2 Å². The van der Waals surface area contributed by atoms with Gasteiger partial charge in [-0.3, -0.25) is 14.6 Å². The van der Waals surface area contributed by atoms with Crippen molar-refractivity contribution in [1.82, 2.24) is 9.88 Å². The van der Waals surface area contributed by atoms with Crippen LogP contribution in [0.5, 0.6) is 5.75 Å². The van der Waals surface area contributed by atoms with E-state index in [1.807, 2.05) is 0 Å². The van der Waals surface area contributed by atoms with Crippen LogP contribution in [0.4, 0.5) is 0 Å². The lowest BCUT2D eigenvalue weighted by molar-refractivity contribution is -0.132. The number of Topliss-reactive ketones (excluding diaryl/α,β-unsaturated/α-hetero) is 1. The number of fused-ring (bicyclic) bond motifs is 1. The largest absolute Gasteiger partial charge is 0.503 e. The molecule has 1 N–H and O–H groups in total. The molecule has 3 heterocycles. The Balaban J connectivity index is 1.61. The van der Waals surface area contributed by atoms with E-state index in [0.717, 1.165) is 32.1 Å². The molecule has 33 heavy (non-hydrogen) atoms. The number of pyridine rings is 1. The molecule has 3 aromatic rings. The highest BCUT2D eigenvalue weighted by molar-refractivity contribution is 6.31. The van der Waals surface area contributed by atoms with Crippen LogP contribution in [0.15, 0.2) is 58.3 Å². The first kappa shape index (κ1) is 21.5. The number of amides is 1. The standard InChI is InChI=1S/C25H23ClN2O5/c1-32-19-13-15(26)11-14-12-18(33-24(14)19)22(29)20-21(17-9-5-6-10-27-17)28(25(31)23(20)30)16-7-3-2-4-8-16/h5-6,9-13,16,21,30H,2-4,7-8H2,1H3. The Morgan fingerprint density at radius 3 is 2.70 bits per heavy atom. The minimum Gasteiger partial charge on any atom is -0.503 e. The van der Waals surface area contributed by atoms with Gasteiger partial charge in [-0.2, -0.15) is 0 Å².